The topological polar surface area (TPSA) is 47.5 Å². The van der Waals surface area contributed by atoms with Gasteiger partial charge in [-0.1, -0.05) is 140 Å². The second kappa shape index (κ2) is 14.5. The van der Waals surface area contributed by atoms with Gasteiger partial charge in [-0.25, -0.2) is 9.97 Å². The van der Waals surface area contributed by atoms with Crippen LogP contribution in [0, 0.1) is 13.8 Å². The molecule has 12 aromatic rings. The Balaban J connectivity index is 1.07. The molecule has 0 saturated heterocycles. The fourth-order valence-corrected chi connectivity index (χ4v) is 9.70. The molecule has 0 unspecified atom stereocenters. The molecule has 0 radical (unpaired) electrons. The van der Waals surface area contributed by atoms with Crippen LogP contribution in [0.2, 0.25) is 0 Å². The highest BCUT2D eigenvalue weighted by Gasteiger charge is 2.19. The summed E-state index contributed by atoms with van der Waals surface area (Å²) in [7, 11) is 0. The minimum absolute atomic E-state index is 0.895. The van der Waals surface area contributed by atoms with E-state index in [0.717, 1.165) is 94.9 Å². The van der Waals surface area contributed by atoms with Crippen molar-refractivity contribution in [3.8, 4) is 39.3 Å². The van der Waals surface area contributed by atoms with E-state index >= 15 is 0 Å². The van der Waals surface area contributed by atoms with Gasteiger partial charge < -0.3 is 4.57 Å². The van der Waals surface area contributed by atoms with Crippen molar-refractivity contribution in [2.24, 2.45) is 4.99 Å². The summed E-state index contributed by atoms with van der Waals surface area (Å²) in [5.41, 5.74) is 19.1. The zero-order valence-electron chi connectivity index (χ0n) is 35.2. The summed E-state index contributed by atoms with van der Waals surface area (Å²) in [6.45, 7) is 6.42. The van der Waals surface area contributed by atoms with Crippen LogP contribution in [-0.4, -0.2) is 24.6 Å². The molecule has 0 bridgehead atoms. The Morgan fingerprint density at radius 1 is 0.444 bits per heavy atom. The van der Waals surface area contributed by atoms with Crippen LogP contribution in [0.3, 0.4) is 0 Å². The highest BCUT2D eigenvalue weighted by Crippen LogP contribution is 2.39. The Kier molecular flexibility index (Phi) is 8.44. The predicted octanol–water partition coefficient (Wildman–Crippen LogP) is 15.0. The van der Waals surface area contributed by atoms with Gasteiger partial charge in [-0.2, -0.15) is 0 Å². The fraction of sp³-hybridized carbons (Fsp3) is 0.0517. The summed E-state index contributed by atoms with van der Waals surface area (Å²) in [5, 5.41) is 5.94. The van der Waals surface area contributed by atoms with E-state index in [1.807, 2.05) is 6.07 Å². The normalized spacial score (nSPS) is 12.1. The minimum Gasteiger partial charge on any atom is -0.309 e. The van der Waals surface area contributed by atoms with Gasteiger partial charge in [0.05, 0.1) is 50.3 Å². The molecule has 0 N–H and O–H groups in total. The van der Waals surface area contributed by atoms with Crippen molar-refractivity contribution in [1.82, 2.24) is 18.9 Å². The Bertz CT molecular complexity index is 3790. The smallest absolute Gasteiger partial charge is 0.146 e. The minimum atomic E-state index is 0.895. The van der Waals surface area contributed by atoms with Crippen molar-refractivity contribution in [1.29, 1.82) is 0 Å². The largest absolute Gasteiger partial charge is 0.309 e. The number of aryl methyl sites for hydroxylation is 2. The molecular formula is C58H41N5. The van der Waals surface area contributed by atoms with Crippen molar-refractivity contribution < 1.29 is 0 Å². The number of imidazole rings is 1. The summed E-state index contributed by atoms with van der Waals surface area (Å²) in [6, 6.07) is 69.4. The van der Waals surface area contributed by atoms with Gasteiger partial charge in [0, 0.05) is 43.9 Å². The van der Waals surface area contributed by atoms with Crippen molar-refractivity contribution in [3.05, 3.63) is 211 Å². The number of hydrogen-bond acceptors (Lipinski definition) is 3. The van der Waals surface area contributed by atoms with E-state index in [-0.39, 0.29) is 0 Å². The molecular weight excluding hydrogens is 767 g/mol. The average molecular weight is 808 g/mol. The second-order valence-electron chi connectivity index (χ2n) is 16.6. The molecule has 5 nitrogen and oxygen atoms in total. The molecule has 0 atom stereocenters. The lowest BCUT2D eigenvalue weighted by atomic mass is 9.92. The number of fused-ring (bicyclic) bond motifs is 11. The van der Waals surface area contributed by atoms with Gasteiger partial charge in [0.25, 0.3) is 0 Å². The predicted molar refractivity (Wildman–Crippen MR) is 264 cm³/mol. The van der Waals surface area contributed by atoms with Gasteiger partial charge in [-0.05, 0) is 103 Å². The molecule has 4 aromatic heterocycles. The molecule has 0 amide bonds. The Hall–Kier alpha value is -8.15. The Morgan fingerprint density at radius 2 is 1.03 bits per heavy atom. The van der Waals surface area contributed by atoms with E-state index in [0.29, 0.717) is 0 Å². The first-order valence-electron chi connectivity index (χ1n) is 21.5. The van der Waals surface area contributed by atoms with Crippen molar-refractivity contribution >= 4 is 71.6 Å². The molecule has 8 aromatic carbocycles. The monoisotopic (exact) mass is 807 g/mol. The highest BCUT2D eigenvalue weighted by molar-refractivity contribution is 6.14. The molecule has 5 heteroatoms. The number of aromatic nitrogens is 4. The molecule has 12 rings (SSSR count). The van der Waals surface area contributed by atoms with E-state index in [4.69, 9.17) is 15.0 Å². The van der Waals surface area contributed by atoms with E-state index < -0.39 is 0 Å². The van der Waals surface area contributed by atoms with Crippen molar-refractivity contribution in [2.45, 2.75) is 20.8 Å². The first-order valence-corrected chi connectivity index (χ1v) is 21.5. The molecule has 63 heavy (non-hydrogen) atoms. The maximum Gasteiger partial charge on any atom is 0.146 e. The van der Waals surface area contributed by atoms with E-state index in [1.165, 1.54) is 32.7 Å². The third-order valence-electron chi connectivity index (χ3n) is 12.7. The Labute approximate surface area is 364 Å². The standard InChI is InChI=1S/C58H41N5/c1-36-16-4-11-23-50(36)59-38(3)43-17-5-6-18-44(43)42-30-28-39(32-37(42)2)52-34-41(62-54-25-13-9-20-46(54)47-21-10-14-26-55(47)62)35-53(60-52)40-29-31-48-45-19-7-8-22-49(45)58-61-51-24-12-15-27-56(51)63(58)57(48)33-40/h4-35H,1-3H3. The summed E-state index contributed by atoms with van der Waals surface area (Å²) in [4.78, 5) is 15.8. The highest BCUT2D eigenvalue weighted by atomic mass is 15.0. The van der Waals surface area contributed by atoms with Crippen LogP contribution in [0.4, 0.5) is 5.69 Å². The molecule has 4 heterocycles. The summed E-state index contributed by atoms with van der Waals surface area (Å²) in [6.07, 6.45) is 0. The van der Waals surface area contributed by atoms with Crippen LogP contribution in [0.25, 0.3) is 99.5 Å². The number of nitrogens with zero attached hydrogens (tertiary/aromatic N) is 5. The summed E-state index contributed by atoms with van der Waals surface area (Å²) >= 11 is 0. The lowest BCUT2D eigenvalue weighted by Crippen LogP contribution is -2.00. The number of para-hydroxylation sites is 5. The van der Waals surface area contributed by atoms with Crippen LogP contribution < -0.4 is 0 Å². The quantitative estimate of drug-likeness (QED) is 0.124. The second-order valence-corrected chi connectivity index (χ2v) is 16.6. The van der Waals surface area contributed by atoms with Gasteiger partial charge in [-0.15, -0.1) is 0 Å². The molecule has 298 valence electrons. The van der Waals surface area contributed by atoms with Crippen LogP contribution in [0.1, 0.15) is 23.6 Å². The first-order chi connectivity index (χ1) is 31.0. The van der Waals surface area contributed by atoms with E-state index in [9.17, 15) is 0 Å². The van der Waals surface area contributed by atoms with Gasteiger partial charge in [-0.3, -0.25) is 9.39 Å². The van der Waals surface area contributed by atoms with Gasteiger partial charge >= 0.3 is 0 Å². The lowest BCUT2D eigenvalue weighted by molar-refractivity contribution is 1.16. The number of benzene rings is 8. The number of rotatable bonds is 6. The molecule has 0 fully saturated rings. The van der Waals surface area contributed by atoms with Crippen LogP contribution >= 0.6 is 0 Å². The molecule has 0 aliphatic carbocycles. The van der Waals surface area contributed by atoms with Gasteiger partial charge in [0.1, 0.15) is 5.65 Å². The van der Waals surface area contributed by atoms with Gasteiger partial charge in [0.2, 0.25) is 0 Å². The van der Waals surface area contributed by atoms with Crippen LogP contribution in [0.15, 0.2) is 199 Å². The number of hydrogen-bond donors (Lipinski definition) is 0. The number of aliphatic imine (C=N–C) groups is 1. The summed E-state index contributed by atoms with van der Waals surface area (Å²) in [5.74, 6) is 0. The zero-order valence-corrected chi connectivity index (χ0v) is 35.2. The maximum absolute atomic E-state index is 5.53. The fourth-order valence-electron chi connectivity index (χ4n) is 9.70. The molecule has 0 aliphatic rings. The summed E-state index contributed by atoms with van der Waals surface area (Å²) < 4.78 is 4.71. The lowest BCUT2D eigenvalue weighted by Gasteiger charge is -2.16. The maximum atomic E-state index is 5.53. The zero-order chi connectivity index (χ0) is 42.2. The van der Waals surface area contributed by atoms with Gasteiger partial charge in [0.15, 0.2) is 0 Å². The SMILES string of the molecule is CC(=Nc1ccccc1C)c1ccccc1-c1ccc(-c2cc(-n3c4ccccc4c4ccccc43)cc(-c3ccc4c5ccccc5c5nc6ccccc6n5c4c3)n2)cc1C. The first kappa shape index (κ1) is 36.7. The van der Waals surface area contributed by atoms with Crippen LogP contribution in [-0.2, 0) is 0 Å². The van der Waals surface area contributed by atoms with E-state index in [1.54, 1.807) is 0 Å². The molecule has 0 spiro atoms. The van der Waals surface area contributed by atoms with E-state index in [2.05, 4.69) is 218 Å². The van der Waals surface area contributed by atoms with Crippen molar-refractivity contribution in [3.63, 3.8) is 0 Å². The Morgan fingerprint density at radius 3 is 1.78 bits per heavy atom. The van der Waals surface area contributed by atoms with Crippen LogP contribution in [0.5, 0.6) is 0 Å². The third kappa shape index (κ3) is 5.96. The third-order valence-corrected chi connectivity index (χ3v) is 12.7. The average Bonchev–Trinajstić information content (AvgIpc) is 3.89. The molecule has 0 saturated carbocycles. The van der Waals surface area contributed by atoms with Crippen molar-refractivity contribution in [2.75, 3.05) is 0 Å². The number of pyridine rings is 2. The molecule has 0 aliphatic heterocycles.